The molecule has 0 unspecified atom stereocenters. The zero-order valence-corrected chi connectivity index (χ0v) is 12.4. The van der Waals surface area contributed by atoms with Crippen molar-refractivity contribution in [3.8, 4) is 0 Å². The number of aryl methyl sites for hydroxylation is 2. The van der Waals surface area contributed by atoms with Gasteiger partial charge in [-0.25, -0.2) is 0 Å². The van der Waals surface area contributed by atoms with Gasteiger partial charge in [-0.05, 0) is 31.4 Å². The summed E-state index contributed by atoms with van der Waals surface area (Å²) in [5.41, 5.74) is 3.46. The molecule has 2 aromatic rings. The lowest BCUT2D eigenvalue weighted by atomic mass is 10.0. The molecule has 3 nitrogen and oxygen atoms in total. The molecule has 1 aliphatic carbocycles. The minimum atomic E-state index is -0.474. The molecule has 1 fully saturated rings. The van der Waals surface area contributed by atoms with Crippen molar-refractivity contribution >= 4 is 10.9 Å². The number of benzene rings is 1. The van der Waals surface area contributed by atoms with Crippen LogP contribution in [0.4, 0.5) is 0 Å². The van der Waals surface area contributed by atoms with Gasteiger partial charge in [0.2, 0.25) is 0 Å². The van der Waals surface area contributed by atoms with Crippen LogP contribution in [0, 0.1) is 6.92 Å². The van der Waals surface area contributed by atoms with Gasteiger partial charge in [-0.3, -0.25) is 0 Å². The molecular formula is C17H24N2O. The van der Waals surface area contributed by atoms with E-state index in [1.165, 1.54) is 22.2 Å². The number of hydrogen-bond donors (Lipinski definition) is 2. The smallest absolute Gasteiger partial charge is 0.0771 e. The highest BCUT2D eigenvalue weighted by atomic mass is 16.3. The Balaban J connectivity index is 1.74. The molecule has 1 heterocycles. The van der Waals surface area contributed by atoms with Crippen molar-refractivity contribution in [1.29, 1.82) is 0 Å². The molecule has 2 N–H and O–H groups in total. The molecule has 20 heavy (non-hydrogen) atoms. The van der Waals surface area contributed by atoms with Crippen LogP contribution in [0.5, 0.6) is 0 Å². The number of aliphatic hydroxyl groups is 1. The van der Waals surface area contributed by atoms with Gasteiger partial charge >= 0.3 is 0 Å². The lowest BCUT2D eigenvalue weighted by molar-refractivity contribution is 0.0473. The topological polar surface area (TPSA) is 37.2 Å². The Morgan fingerprint density at radius 3 is 2.65 bits per heavy atom. The van der Waals surface area contributed by atoms with Crippen LogP contribution in [0.15, 0.2) is 24.3 Å². The Bertz CT molecular complexity index is 570. The van der Waals surface area contributed by atoms with Crippen LogP contribution in [0.1, 0.15) is 36.9 Å². The first-order valence-electron chi connectivity index (χ1n) is 7.57. The fourth-order valence-corrected chi connectivity index (χ4v) is 3.51. The van der Waals surface area contributed by atoms with Gasteiger partial charge < -0.3 is 15.0 Å². The van der Waals surface area contributed by atoms with Crippen molar-refractivity contribution in [3.63, 3.8) is 0 Å². The maximum atomic E-state index is 10.4. The zero-order chi connectivity index (χ0) is 14.2. The number of hydrogen-bond acceptors (Lipinski definition) is 2. The average Bonchev–Trinajstić information content (AvgIpc) is 2.98. The molecule has 0 aliphatic heterocycles. The SMILES string of the molecule is Cc1c(CNCC2(O)CCCC2)n(C)c2ccccc12. The minimum absolute atomic E-state index is 0.474. The number of nitrogens with one attached hydrogen (secondary N) is 1. The van der Waals surface area contributed by atoms with Gasteiger partial charge in [-0.1, -0.05) is 31.0 Å². The summed E-state index contributed by atoms with van der Waals surface area (Å²) in [4.78, 5) is 0. The molecule has 1 saturated carbocycles. The van der Waals surface area contributed by atoms with E-state index >= 15 is 0 Å². The summed E-state index contributed by atoms with van der Waals surface area (Å²) < 4.78 is 2.26. The van der Waals surface area contributed by atoms with Gasteiger partial charge in [0.1, 0.15) is 0 Å². The molecule has 1 aliphatic rings. The van der Waals surface area contributed by atoms with Crippen molar-refractivity contribution in [3.05, 3.63) is 35.5 Å². The predicted molar refractivity (Wildman–Crippen MR) is 82.8 cm³/mol. The third-order valence-electron chi connectivity index (χ3n) is 4.79. The first-order valence-corrected chi connectivity index (χ1v) is 7.57. The summed E-state index contributed by atoms with van der Waals surface area (Å²) in [7, 11) is 2.12. The second-order valence-electron chi connectivity index (χ2n) is 6.18. The molecule has 3 heteroatoms. The van der Waals surface area contributed by atoms with E-state index in [0.717, 1.165) is 32.2 Å². The summed E-state index contributed by atoms with van der Waals surface area (Å²) >= 11 is 0. The van der Waals surface area contributed by atoms with Gasteiger partial charge in [-0.2, -0.15) is 0 Å². The van der Waals surface area contributed by atoms with Gasteiger partial charge in [0, 0.05) is 36.7 Å². The highest BCUT2D eigenvalue weighted by Crippen LogP contribution is 2.29. The van der Waals surface area contributed by atoms with Crippen LogP contribution in [-0.4, -0.2) is 21.8 Å². The molecule has 0 amide bonds. The standard InChI is InChI=1S/C17H24N2O/c1-13-14-7-3-4-8-15(14)19(2)16(13)11-18-12-17(20)9-5-6-10-17/h3-4,7-8,18,20H,5-6,9-12H2,1-2H3. The summed E-state index contributed by atoms with van der Waals surface area (Å²) in [6.07, 6.45) is 4.19. The van der Waals surface area contributed by atoms with Gasteiger partial charge in [-0.15, -0.1) is 0 Å². The van der Waals surface area contributed by atoms with E-state index in [0.29, 0.717) is 6.54 Å². The third kappa shape index (κ3) is 2.36. The maximum absolute atomic E-state index is 10.4. The van der Waals surface area contributed by atoms with Crippen LogP contribution in [0.25, 0.3) is 10.9 Å². The van der Waals surface area contributed by atoms with E-state index in [1.807, 2.05) is 0 Å². The summed E-state index contributed by atoms with van der Waals surface area (Å²) in [5, 5.41) is 15.2. The minimum Gasteiger partial charge on any atom is -0.389 e. The predicted octanol–water partition coefficient (Wildman–Crippen LogP) is 2.88. The Labute approximate surface area is 120 Å². The average molecular weight is 272 g/mol. The van der Waals surface area contributed by atoms with E-state index in [2.05, 4.69) is 48.1 Å². The van der Waals surface area contributed by atoms with Gasteiger partial charge in [0.25, 0.3) is 0 Å². The molecule has 0 atom stereocenters. The molecule has 0 saturated heterocycles. The molecule has 1 aromatic heterocycles. The van der Waals surface area contributed by atoms with E-state index < -0.39 is 5.60 Å². The summed E-state index contributed by atoms with van der Waals surface area (Å²) in [6.45, 7) is 3.71. The Hall–Kier alpha value is -1.32. The van der Waals surface area contributed by atoms with Crippen LogP contribution in [0.2, 0.25) is 0 Å². The monoisotopic (exact) mass is 272 g/mol. The molecule has 0 spiro atoms. The number of aromatic nitrogens is 1. The number of nitrogens with zero attached hydrogens (tertiary/aromatic N) is 1. The highest BCUT2D eigenvalue weighted by molar-refractivity contribution is 5.85. The second kappa shape index (κ2) is 5.23. The third-order valence-corrected chi connectivity index (χ3v) is 4.79. The number of rotatable bonds is 4. The second-order valence-corrected chi connectivity index (χ2v) is 6.18. The summed E-state index contributed by atoms with van der Waals surface area (Å²) in [5.74, 6) is 0. The van der Waals surface area contributed by atoms with E-state index in [1.54, 1.807) is 0 Å². The fourth-order valence-electron chi connectivity index (χ4n) is 3.51. The number of fused-ring (bicyclic) bond motifs is 1. The van der Waals surface area contributed by atoms with Crippen LogP contribution in [0.3, 0.4) is 0 Å². The molecule has 0 bridgehead atoms. The van der Waals surface area contributed by atoms with Gasteiger partial charge in [0.15, 0.2) is 0 Å². The van der Waals surface area contributed by atoms with E-state index in [4.69, 9.17) is 0 Å². The normalized spacial score (nSPS) is 17.9. The van der Waals surface area contributed by atoms with Crippen molar-refractivity contribution in [2.75, 3.05) is 6.54 Å². The fraction of sp³-hybridized carbons (Fsp3) is 0.529. The molecular weight excluding hydrogens is 248 g/mol. The van der Waals surface area contributed by atoms with Crippen molar-refractivity contribution in [2.24, 2.45) is 7.05 Å². The Morgan fingerprint density at radius 1 is 1.25 bits per heavy atom. The Kier molecular flexibility index (Phi) is 3.57. The highest BCUT2D eigenvalue weighted by Gasteiger charge is 2.30. The van der Waals surface area contributed by atoms with Crippen LogP contribution >= 0.6 is 0 Å². The first kappa shape index (κ1) is 13.7. The quantitative estimate of drug-likeness (QED) is 0.898. The largest absolute Gasteiger partial charge is 0.389 e. The maximum Gasteiger partial charge on any atom is 0.0771 e. The van der Waals surface area contributed by atoms with Crippen molar-refractivity contribution in [1.82, 2.24) is 9.88 Å². The van der Waals surface area contributed by atoms with E-state index in [-0.39, 0.29) is 0 Å². The van der Waals surface area contributed by atoms with Crippen LogP contribution in [-0.2, 0) is 13.6 Å². The van der Waals surface area contributed by atoms with Gasteiger partial charge in [0.05, 0.1) is 5.60 Å². The lowest BCUT2D eigenvalue weighted by Gasteiger charge is -2.22. The molecule has 1 aromatic carbocycles. The summed E-state index contributed by atoms with van der Waals surface area (Å²) in [6, 6.07) is 8.52. The Morgan fingerprint density at radius 2 is 1.95 bits per heavy atom. The van der Waals surface area contributed by atoms with Crippen LogP contribution < -0.4 is 5.32 Å². The molecule has 3 rings (SSSR count). The number of para-hydroxylation sites is 1. The molecule has 108 valence electrons. The lowest BCUT2D eigenvalue weighted by Crippen LogP contribution is -2.37. The van der Waals surface area contributed by atoms with Crippen molar-refractivity contribution < 1.29 is 5.11 Å². The first-order chi connectivity index (χ1) is 9.61. The van der Waals surface area contributed by atoms with Crippen molar-refractivity contribution in [2.45, 2.75) is 44.8 Å². The van der Waals surface area contributed by atoms with E-state index in [9.17, 15) is 5.11 Å². The molecule has 0 radical (unpaired) electrons. The zero-order valence-electron chi connectivity index (χ0n) is 12.4.